The first kappa shape index (κ1) is 11.7. The maximum atomic E-state index is 11.9. The Hall–Kier alpha value is -1.75. The SMILES string of the molecule is C[C@@H](O)CNC(=O)c1cccc2c1OCCO2. The smallest absolute Gasteiger partial charge is 0.255 e. The van der Waals surface area contributed by atoms with E-state index in [2.05, 4.69) is 5.32 Å². The van der Waals surface area contributed by atoms with E-state index in [-0.39, 0.29) is 12.5 Å². The van der Waals surface area contributed by atoms with Crippen LogP contribution >= 0.6 is 0 Å². The highest BCUT2D eigenvalue weighted by atomic mass is 16.6. The zero-order valence-corrected chi connectivity index (χ0v) is 9.60. The number of carbonyl (C=O) groups excluding carboxylic acids is 1. The fourth-order valence-corrected chi connectivity index (χ4v) is 1.59. The normalized spacial score (nSPS) is 15.2. The van der Waals surface area contributed by atoms with Gasteiger partial charge in [-0.05, 0) is 19.1 Å². The van der Waals surface area contributed by atoms with Crippen molar-refractivity contribution in [2.24, 2.45) is 0 Å². The Balaban J connectivity index is 2.17. The third kappa shape index (κ3) is 2.68. The van der Waals surface area contributed by atoms with Crippen LogP contribution in [0.15, 0.2) is 18.2 Å². The minimum Gasteiger partial charge on any atom is -0.486 e. The van der Waals surface area contributed by atoms with Crippen molar-refractivity contribution in [3.05, 3.63) is 23.8 Å². The van der Waals surface area contributed by atoms with Gasteiger partial charge < -0.3 is 19.9 Å². The van der Waals surface area contributed by atoms with Crippen LogP contribution < -0.4 is 14.8 Å². The number of fused-ring (bicyclic) bond motifs is 1. The summed E-state index contributed by atoms with van der Waals surface area (Å²) >= 11 is 0. The molecule has 0 aromatic heterocycles. The van der Waals surface area contributed by atoms with Crippen LogP contribution in [0.1, 0.15) is 17.3 Å². The van der Waals surface area contributed by atoms with Crippen molar-refractivity contribution < 1.29 is 19.4 Å². The summed E-state index contributed by atoms with van der Waals surface area (Å²) in [5.74, 6) is 0.788. The van der Waals surface area contributed by atoms with Crippen molar-refractivity contribution in [3.63, 3.8) is 0 Å². The first-order valence-corrected chi connectivity index (χ1v) is 5.53. The van der Waals surface area contributed by atoms with Crippen LogP contribution in [0.2, 0.25) is 0 Å². The molecule has 1 heterocycles. The van der Waals surface area contributed by atoms with E-state index < -0.39 is 6.10 Å². The second-order valence-corrected chi connectivity index (χ2v) is 3.89. The molecule has 0 unspecified atom stereocenters. The molecule has 92 valence electrons. The monoisotopic (exact) mass is 237 g/mol. The van der Waals surface area contributed by atoms with Gasteiger partial charge in [0.2, 0.25) is 0 Å². The number of hydrogen-bond donors (Lipinski definition) is 2. The van der Waals surface area contributed by atoms with Crippen LogP contribution in [0.25, 0.3) is 0 Å². The van der Waals surface area contributed by atoms with Crippen LogP contribution in [0.3, 0.4) is 0 Å². The first-order chi connectivity index (χ1) is 8.18. The molecule has 0 fully saturated rings. The fourth-order valence-electron chi connectivity index (χ4n) is 1.59. The number of nitrogens with one attached hydrogen (secondary N) is 1. The topological polar surface area (TPSA) is 67.8 Å². The molecule has 1 aliphatic rings. The van der Waals surface area contributed by atoms with Crippen molar-refractivity contribution in [1.82, 2.24) is 5.32 Å². The van der Waals surface area contributed by atoms with Gasteiger partial charge in [-0.2, -0.15) is 0 Å². The van der Waals surface area contributed by atoms with Crippen LogP contribution in [-0.2, 0) is 0 Å². The fraction of sp³-hybridized carbons (Fsp3) is 0.417. The molecule has 2 rings (SSSR count). The number of aliphatic hydroxyl groups is 1. The molecule has 2 N–H and O–H groups in total. The number of ether oxygens (including phenoxy) is 2. The summed E-state index contributed by atoms with van der Waals surface area (Å²) in [5, 5.41) is 11.7. The number of amides is 1. The molecule has 0 aliphatic carbocycles. The molecule has 0 radical (unpaired) electrons. The zero-order valence-electron chi connectivity index (χ0n) is 9.60. The molecule has 1 atom stereocenters. The lowest BCUT2D eigenvalue weighted by atomic mass is 10.1. The molecule has 17 heavy (non-hydrogen) atoms. The van der Waals surface area contributed by atoms with Crippen molar-refractivity contribution in [2.45, 2.75) is 13.0 Å². The molecule has 1 aromatic rings. The maximum absolute atomic E-state index is 11.9. The Bertz CT molecular complexity index is 417. The van der Waals surface area contributed by atoms with Gasteiger partial charge in [0.25, 0.3) is 5.91 Å². The van der Waals surface area contributed by atoms with E-state index >= 15 is 0 Å². The largest absolute Gasteiger partial charge is 0.486 e. The molecule has 5 nitrogen and oxygen atoms in total. The Kier molecular flexibility index (Phi) is 3.49. The van der Waals surface area contributed by atoms with E-state index in [0.29, 0.717) is 30.3 Å². The van der Waals surface area contributed by atoms with Crippen LogP contribution in [0.5, 0.6) is 11.5 Å². The van der Waals surface area contributed by atoms with Gasteiger partial charge in [0, 0.05) is 6.54 Å². The summed E-state index contributed by atoms with van der Waals surface area (Å²) in [7, 11) is 0. The highest BCUT2D eigenvalue weighted by Gasteiger charge is 2.20. The predicted molar refractivity (Wildman–Crippen MR) is 61.4 cm³/mol. The average Bonchev–Trinajstić information content (AvgIpc) is 2.35. The van der Waals surface area contributed by atoms with Crippen molar-refractivity contribution in [3.8, 4) is 11.5 Å². The molecular formula is C12H15NO4. The van der Waals surface area contributed by atoms with Gasteiger partial charge in [-0.25, -0.2) is 0 Å². The van der Waals surface area contributed by atoms with E-state index in [1.165, 1.54) is 0 Å². The number of para-hydroxylation sites is 1. The number of aliphatic hydroxyl groups excluding tert-OH is 1. The lowest BCUT2D eigenvalue weighted by Crippen LogP contribution is -2.31. The van der Waals surface area contributed by atoms with Gasteiger partial charge in [0.15, 0.2) is 11.5 Å². The molecule has 0 spiro atoms. The van der Waals surface area contributed by atoms with Crippen LogP contribution in [0.4, 0.5) is 0 Å². The summed E-state index contributed by atoms with van der Waals surface area (Å²) in [6, 6.07) is 5.18. The summed E-state index contributed by atoms with van der Waals surface area (Å²) in [6.07, 6.45) is -0.573. The van der Waals surface area contributed by atoms with Gasteiger partial charge in [-0.3, -0.25) is 4.79 Å². The van der Waals surface area contributed by atoms with E-state index in [1.54, 1.807) is 25.1 Å². The first-order valence-electron chi connectivity index (χ1n) is 5.53. The number of hydrogen-bond acceptors (Lipinski definition) is 4. The molecule has 0 bridgehead atoms. The predicted octanol–water partition coefficient (Wildman–Crippen LogP) is 0.568. The van der Waals surface area contributed by atoms with E-state index in [0.717, 1.165) is 0 Å². The number of benzene rings is 1. The summed E-state index contributed by atoms with van der Waals surface area (Å²) in [6.45, 7) is 2.75. The highest BCUT2D eigenvalue weighted by molar-refractivity contribution is 5.97. The van der Waals surface area contributed by atoms with Gasteiger partial charge in [-0.1, -0.05) is 6.07 Å². The third-order valence-electron chi connectivity index (χ3n) is 2.37. The molecule has 1 amide bonds. The standard InChI is InChI=1S/C12H15NO4/c1-8(14)7-13-12(15)9-3-2-4-10-11(9)17-6-5-16-10/h2-4,8,14H,5-7H2,1H3,(H,13,15)/t8-/m1/s1. The van der Waals surface area contributed by atoms with Crippen molar-refractivity contribution >= 4 is 5.91 Å². The second kappa shape index (κ2) is 5.05. The van der Waals surface area contributed by atoms with Gasteiger partial charge >= 0.3 is 0 Å². The highest BCUT2D eigenvalue weighted by Crippen LogP contribution is 2.33. The summed E-state index contributed by atoms with van der Waals surface area (Å²) in [4.78, 5) is 11.9. The summed E-state index contributed by atoms with van der Waals surface area (Å²) < 4.78 is 10.8. The molecule has 1 aliphatic heterocycles. The third-order valence-corrected chi connectivity index (χ3v) is 2.37. The van der Waals surface area contributed by atoms with Crippen LogP contribution in [-0.4, -0.2) is 36.9 Å². The van der Waals surface area contributed by atoms with Gasteiger partial charge in [0.05, 0.1) is 11.7 Å². The maximum Gasteiger partial charge on any atom is 0.255 e. The van der Waals surface area contributed by atoms with E-state index in [9.17, 15) is 4.79 Å². The quantitative estimate of drug-likeness (QED) is 0.806. The van der Waals surface area contributed by atoms with Crippen LogP contribution in [0, 0.1) is 0 Å². The number of rotatable bonds is 3. The minimum atomic E-state index is -0.573. The zero-order chi connectivity index (χ0) is 12.3. The second-order valence-electron chi connectivity index (χ2n) is 3.89. The van der Waals surface area contributed by atoms with E-state index in [4.69, 9.17) is 14.6 Å². The Morgan fingerprint density at radius 2 is 2.24 bits per heavy atom. The molecule has 0 saturated heterocycles. The molecule has 1 aromatic carbocycles. The molecule has 5 heteroatoms. The molecule has 0 saturated carbocycles. The average molecular weight is 237 g/mol. The Morgan fingerprint density at radius 1 is 1.47 bits per heavy atom. The van der Waals surface area contributed by atoms with Crippen molar-refractivity contribution in [2.75, 3.05) is 19.8 Å². The van der Waals surface area contributed by atoms with Gasteiger partial charge in [-0.15, -0.1) is 0 Å². The van der Waals surface area contributed by atoms with Crippen molar-refractivity contribution in [1.29, 1.82) is 0 Å². The Labute approximate surface area is 99.3 Å². The number of carbonyl (C=O) groups is 1. The molecular weight excluding hydrogens is 222 g/mol. The van der Waals surface area contributed by atoms with E-state index in [1.807, 2.05) is 0 Å². The lowest BCUT2D eigenvalue weighted by molar-refractivity contribution is 0.0913. The summed E-state index contributed by atoms with van der Waals surface area (Å²) in [5.41, 5.74) is 0.433. The minimum absolute atomic E-state index is 0.212. The lowest BCUT2D eigenvalue weighted by Gasteiger charge is -2.20. The Morgan fingerprint density at radius 3 is 3.00 bits per heavy atom. The van der Waals surface area contributed by atoms with Gasteiger partial charge in [0.1, 0.15) is 13.2 Å².